The van der Waals surface area contributed by atoms with E-state index in [1.807, 2.05) is 50.3 Å². The van der Waals surface area contributed by atoms with Crippen molar-refractivity contribution in [1.82, 2.24) is 14.5 Å². The average molecular weight is 1140 g/mol. The van der Waals surface area contributed by atoms with Gasteiger partial charge >= 0.3 is 5.91 Å². The molecule has 13 heteroatoms. The predicted octanol–water partition coefficient (Wildman–Crippen LogP) is 16.8. The van der Waals surface area contributed by atoms with Gasteiger partial charge in [0.05, 0.1) is 45.7 Å². The summed E-state index contributed by atoms with van der Waals surface area (Å²) in [7, 11) is 0. The summed E-state index contributed by atoms with van der Waals surface area (Å²) < 4.78 is 9.32. The zero-order chi connectivity index (χ0) is 59.7. The number of nitriles is 2. The molecule has 13 nitrogen and oxygen atoms in total. The molecule has 0 saturated carbocycles. The van der Waals surface area contributed by atoms with Crippen molar-refractivity contribution in [3.05, 3.63) is 201 Å². The Balaban J connectivity index is 0.000000356. The van der Waals surface area contributed by atoms with Crippen molar-refractivity contribution in [3.8, 4) is 12.1 Å². The number of amidine groups is 4. The van der Waals surface area contributed by atoms with E-state index in [0.29, 0.717) is 11.1 Å². The molecule has 0 saturated heterocycles. The van der Waals surface area contributed by atoms with Gasteiger partial charge in [-0.3, -0.25) is 5.32 Å². The van der Waals surface area contributed by atoms with Gasteiger partial charge < -0.3 is 11.5 Å². The molecule has 0 radical (unpaired) electrons. The molecule has 9 heterocycles. The second kappa shape index (κ2) is 33.1. The molecule has 2 atom stereocenters. The lowest BCUT2D eigenvalue weighted by atomic mass is 10.1. The third-order valence-corrected chi connectivity index (χ3v) is 12.6. The van der Waals surface area contributed by atoms with E-state index in [2.05, 4.69) is 204 Å². The molecule has 7 aliphatic heterocycles. The Labute approximate surface area is 508 Å². The highest BCUT2D eigenvalue weighted by Crippen LogP contribution is 2.52. The maximum Gasteiger partial charge on any atom is 0.404 e. The maximum atomic E-state index is 8.45. The monoisotopic (exact) mass is 1140 g/mol. The Bertz CT molecular complexity index is 3620. The van der Waals surface area contributed by atoms with Crippen LogP contribution in [0.15, 0.2) is 166 Å². The average Bonchev–Trinajstić information content (AvgIpc) is 1.51. The number of rotatable bonds is 0. The lowest BCUT2D eigenvalue weighted by molar-refractivity contribution is -0.790. The van der Waals surface area contributed by atoms with E-state index in [-0.39, 0.29) is 34.6 Å². The number of fused-ring (bicyclic) bond motifs is 13. The van der Waals surface area contributed by atoms with Crippen molar-refractivity contribution in [1.29, 1.82) is 10.5 Å². The minimum absolute atomic E-state index is 0. The molecule has 15 rings (SSSR count). The summed E-state index contributed by atoms with van der Waals surface area (Å²) in [6.45, 7) is 29.5. The molecule has 8 aromatic rings. The normalized spacial score (nSPS) is 14.8. The number of nitrogens with zero attached hydrogens (tertiary/aromatic N) is 10. The Hall–Kier alpha value is -8.46. The van der Waals surface area contributed by atoms with Crippen molar-refractivity contribution in [2.24, 2.45) is 31.4 Å². The number of aliphatic imine (C=N–C) groups is 2. The molecule has 0 fully saturated rings. The molecule has 2 unspecified atom stereocenters. The lowest BCUT2D eigenvalue weighted by Gasteiger charge is -2.40. The van der Waals surface area contributed by atoms with Gasteiger partial charge in [-0.25, -0.2) is 0 Å². The second-order valence-corrected chi connectivity index (χ2v) is 19.9. The maximum absolute atomic E-state index is 8.45. The molecule has 0 aliphatic carbocycles. The van der Waals surface area contributed by atoms with Crippen molar-refractivity contribution in [2.75, 3.05) is 0 Å². The smallest absolute Gasteiger partial charge is 0.312 e. The fraction of sp³-hybridized carbons (Fsp3) is 0.361. The van der Waals surface area contributed by atoms with Gasteiger partial charge in [-0.15, -0.1) is 9.15 Å². The molecule has 2 aromatic heterocycles. The highest BCUT2D eigenvalue weighted by Gasteiger charge is 2.69. The summed E-state index contributed by atoms with van der Waals surface area (Å²) in [6.07, 6.45) is 7.31. The first kappa shape index (κ1) is 70.8. The van der Waals surface area contributed by atoms with Crippen molar-refractivity contribution in [3.63, 3.8) is 0 Å². The van der Waals surface area contributed by atoms with Crippen LogP contribution in [0.1, 0.15) is 215 Å². The number of aromatic nitrogens is 2. The van der Waals surface area contributed by atoms with Crippen molar-refractivity contribution >= 4 is 56.5 Å². The minimum atomic E-state index is -0.923. The number of nitrogens with two attached hydrogens (primary N) is 2. The SMILES string of the molecule is C.C.C.CC.CCC.CCC.CCC.CCC.CCC.CCC.N#Cc1ccccc1C#N.NC1NC(N)c2ccccc21.c1ccc2c(c1)C1=Nc3c4ccccc4c4n3C35n6c(c7ccccc7c6=NC6=[N+]3C(=N4)c3ccccc36)=NC2=[N+]15. The lowest BCUT2D eigenvalue weighted by Crippen LogP contribution is -2.71. The van der Waals surface area contributed by atoms with E-state index in [0.717, 1.165) is 101 Å². The summed E-state index contributed by atoms with van der Waals surface area (Å²) in [4.78, 5) is 21.7. The molecule has 5 N–H and O–H groups in total. The molecule has 85 heavy (non-hydrogen) atoms. The molecular weight excluding hydrogens is 1050 g/mol. The van der Waals surface area contributed by atoms with Gasteiger partial charge in [0.15, 0.2) is 0 Å². The van der Waals surface area contributed by atoms with Gasteiger partial charge in [-0.1, -0.05) is 263 Å². The van der Waals surface area contributed by atoms with Crippen molar-refractivity contribution in [2.45, 2.75) is 176 Å². The van der Waals surface area contributed by atoms with E-state index in [9.17, 15) is 0 Å². The first-order chi connectivity index (χ1) is 40.0. The zero-order valence-corrected chi connectivity index (χ0v) is 50.9. The number of hydrogen-bond donors (Lipinski definition) is 3. The van der Waals surface area contributed by atoms with Crippen LogP contribution in [0.25, 0.3) is 21.5 Å². The van der Waals surface area contributed by atoms with E-state index in [4.69, 9.17) is 42.0 Å². The summed E-state index contributed by atoms with van der Waals surface area (Å²) >= 11 is 0. The predicted molar refractivity (Wildman–Crippen MR) is 360 cm³/mol. The summed E-state index contributed by atoms with van der Waals surface area (Å²) in [6, 6.07) is 52.5. The first-order valence-electron chi connectivity index (χ1n) is 29.7. The summed E-state index contributed by atoms with van der Waals surface area (Å²) in [5.41, 5.74) is 20.7. The van der Waals surface area contributed by atoms with Crippen LogP contribution in [0, 0.1) is 22.7 Å². The van der Waals surface area contributed by atoms with Crippen LogP contribution < -0.4 is 27.8 Å². The van der Waals surface area contributed by atoms with Crippen LogP contribution in [-0.4, -0.2) is 41.6 Å². The van der Waals surface area contributed by atoms with E-state index >= 15 is 0 Å². The standard InChI is InChI=1S/C33H16N8.C8H11N3.C8H4N2.6C3H8.C2H6.3CH4/c1-2-10-18-17(9-1)25-34-27-19-11-3-4-12-20(19)29-36-31-23-15-7-8-16-24(23)32-37-30-22-14-6-5-13-21(22)28-35-26(18)38(25)33(39(27)29,40(28)30)41(31)32;9-7-5-3-1-2-4-6(5)8(10)11-7;9-5-7-3-1-2-4-8(7)6-10;6*1-3-2;1-2;;;/h1-16H;1-4,7-8,11H,9-10H2;1-4H;6*3H2,1-2H3;1-2H3;3*1H4/q+2;;;;;;;;;;;;. The van der Waals surface area contributed by atoms with Crippen molar-refractivity contribution < 1.29 is 9.15 Å². The van der Waals surface area contributed by atoms with E-state index in [1.54, 1.807) is 24.3 Å². The van der Waals surface area contributed by atoms with Crippen LogP contribution in [0.2, 0.25) is 0 Å². The van der Waals surface area contributed by atoms with Crippen LogP contribution in [0.4, 0.5) is 11.6 Å². The first-order valence-corrected chi connectivity index (χ1v) is 29.7. The molecule has 1 spiro atoms. The molecule has 0 amide bonds. The summed E-state index contributed by atoms with van der Waals surface area (Å²) in [5.74, 6) is 4.46. The molecular formula is C72H97N13+2. The Kier molecular flexibility index (Phi) is 27.6. The molecule has 6 aromatic carbocycles. The zero-order valence-electron chi connectivity index (χ0n) is 50.9. The van der Waals surface area contributed by atoms with Crippen LogP contribution >= 0.6 is 0 Å². The Morgan fingerprint density at radius 2 is 0.706 bits per heavy atom. The molecule has 0 bridgehead atoms. The van der Waals surface area contributed by atoms with Gasteiger partial charge in [0.2, 0.25) is 22.6 Å². The van der Waals surface area contributed by atoms with Crippen LogP contribution in [0.3, 0.4) is 0 Å². The Morgan fingerprint density at radius 1 is 0.424 bits per heavy atom. The van der Waals surface area contributed by atoms with E-state index < -0.39 is 5.91 Å². The third-order valence-electron chi connectivity index (χ3n) is 12.6. The Morgan fingerprint density at radius 3 is 1.04 bits per heavy atom. The third kappa shape index (κ3) is 13.0. The number of hydrogen-bond acceptors (Lipinski definition) is 9. The fourth-order valence-corrected chi connectivity index (χ4v) is 10.0. The number of nitrogens with one attached hydrogen (secondary N) is 1. The second-order valence-electron chi connectivity index (χ2n) is 19.9. The van der Waals surface area contributed by atoms with Gasteiger partial charge in [0.1, 0.15) is 12.1 Å². The van der Waals surface area contributed by atoms with Gasteiger partial charge in [0.25, 0.3) is 23.3 Å². The summed E-state index contributed by atoms with van der Waals surface area (Å²) in [5, 5.41) is 24.3. The van der Waals surface area contributed by atoms with Gasteiger partial charge in [-0.05, 0) is 71.8 Å². The number of benzene rings is 6. The highest BCUT2D eigenvalue weighted by molar-refractivity contribution is 6.20. The largest absolute Gasteiger partial charge is 0.404 e. The minimum Gasteiger partial charge on any atom is -0.312 e. The highest BCUT2D eigenvalue weighted by atomic mass is 15.7. The quantitative estimate of drug-likeness (QED) is 0.128. The van der Waals surface area contributed by atoms with E-state index in [1.165, 1.54) is 38.5 Å². The molecule has 7 aliphatic rings. The van der Waals surface area contributed by atoms with Gasteiger partial charge in [0, 0.05) is 21.5 Å². The van der Waals surface area contributed by atoms with Crippen LogP contribution in [-0.2, 0) is 5.91 Å². The van der Waals surface area contributed by atoms with Crippen LogP contribution in [0.5, 0.6) is 0 Å². The molecule has 448 valence electrons. The van der Waals surface area contributed by atoms with Gasteiger partial charge in [-0.2, -0.15) is 19.7 Å². The fourth-order valence-electron chi connectivity index (χ4n) is 10.0. The topological polar surface area (TPSA) is 177 Å².